The van der Waals surface area contributed by atoms with Gasteiger partial charge < -0.3 is 20.6 Å². The number of nitrogens with zero attached hydrogens (tertiary/aromatic N) is 3. The van der Waals surface area contributed by atoms with Gasteiger partial charge in [-0.2, -0.15) is 0 Å². The number of fused-ring (bicyclic) bond motifs is 2. The van der Waals surface area contributed by atoms with Crippen molar-refractivity contribution in [3.05, 3.63) is 57.0 Å². The van der Waals surface area contributed by atoms with Crippen LogP contribution in [0.15, 0.2) is 23.0 Å². The molecule has 3 amide bonds. The van der Waals surface area contributed by atoms with Crippen molar-refractivity contribution in [3.8, 4) is 5.75 Å². The number of carbonyl (C=O) groups is 3. The molecule has 1 saturated carbocycles. The number of hydrogen-bond donors (Lipinski definition) is 3. The van der Waals surface area contributed by atoms with Crippen LogP contribution in [0.3, 0.4) is 0 Å². The van der Waals surface area contributed by atoms with Crippen LogP contribution in [0.2, 0.25) is 0 Å². The Kier molecular flexibility index (Phi) is 6.70. The Labute approximate surface area is 219 Å². The molecule has 11 heteroatoms. The number of aromatic hydroxyl groups is 1. The van der Waals surface area contributed by atoms with Crippen molar-refractivity contribution in [2.24, 2.45) is 5.92 Å². The van der Waals surface area contributed by atoms with Gasteiger partial charge >= 0.3 is 0 Å². The number of likely N-dealkylation sites (tertiary alicyclic amines) is 1. The van der Waals surface area contributed by atoms with Gasteiger partial charge in [0.2, 0.25) is 17.6 Å². The van der Waals surface area contributed by atoms with Crippen LogP contribution in [0.25, 0.3) is 0 Å². The van der Waals surface area contributed by atoms with Gasteiger partial charge in [-0.3, -0.25) is 23.7 Å². The maximum Gasteiger partial charge on any atom is 0.296 e. The Morgan fingerprint density at radius 1 is 1.21 bits per heavy atom. The van der Waals surface area contributed by atoms with Crippen molar-refractivity contribution < 1.29 is 23.9 Å². The lowest BCUT2D eigenvalue weighted by Gasteiger charge is -2.38. The predicted octanol–water partition coefficient (Wildman–Crippen LogP) is 1.85. The van der Waals surface area contributed by atoms with Crippen LogP contribution >= 0.6 is 0 Å². The van der Waals surface area contributed by atoms with Crippen molar-refractivity contribution in [2.45, 2.75) is 77.0 Å². The molecule has 1 atom stereocenters. The lowest BCUT2D eigenvalue weighted by Crippen LogP contribution is -2.55. The molecule has 38 heavy (non-hydrogen) atoms. The number of benzene rings is 1. The summed E-state index contributed by atoms with van der Waals surface area (Å²) in [5.41, 5.74) is -1.05. The van der Waals surface area contributed by atoms with Gasteiger partial charge in [0.05, 0.1) is 5.54 Å². The summed E-state index contributed by atoms with van der Waals surface area (Å²) in [5.74, 6) is -1.88. The standard InChI is InChI=1S/C27H32FN5O5/c1-15-12-18(5-6-19(15)28)13-29-24(37)21-22(35)25(38)33-14-17-7-9-27(10-8-17,26(33)30-21)31-23(36)20-4-3-11-32(20)16(2)34/h5-6,12,17,20,35H,3-4,7-11,13-14H2,1-2H3,(H,29,37)(H,31,36)/t17?,20-,27?/m0/s1. The molecule has 0 spiro atoms. The van der Waals surface area contributed by atoms with E-state index in [1.807, 2.05) is 0 Å². The van der Waals surface area contributed by atoms with E-state index in [-0.39, 0.29) is 35.9 Å². The molecule has 2 bridgehead atoms. The van der Waals surface area contributed by atoms with Crippen molar-refractivity contribution in [1.82, 2.24) is 25.1 Å². The van der Waals surface area contributed by atoms with Gasteiger partial charge in [-0.25, -0.2) is 9.37 Å². The summed E-state index contributed by atoms with van der Waals surface area (Å²) in [6.07, 6.45) is 3.84. The van der Waals surface area contributed by atoms with E-state index < -0.39 is 34.5 Å². The van der Waals surface area contributed by atoms with Crippen molar-refractivity contribution in [1.29, 1.82) is 0 Å². The average molecular weight is 526 g/mol. The molecule has 10 nitrogen and oxygen atoms in total. The molecular formula is C27H32FN5O5. The molecule has 0 radical (unpaired) electrons. The van der Waals surface area contributed by atoms with E-state index in [1.165, 1.54) is 17.6 Å². The van der Waals surface area contributed by atoms with E-state index >= 15 is 0 Å². The molecule has 4 heterocycles. The van der Waals surface area contributed by atoms with E-state index in [0.29, 0.717) is 43.5 Å². The molecule has 0 unspecified atom stereocenters. The van der Waals surface area contributed by atoms with E-state index in [9.17, 15) is 28.7 Å². The van der Waals surface area contributed by atoms with Crippen LogP contribution in [0.5, 0.6) is 5.75 Å². The third kappa shape index (κ3) is 4.54. The van der Waals surface area contributed by atoms with Crippen LogP contribution in [0, 0.1) is 18.7 Å². The van der Waals surface area contributed by atoms with Crippen LogP contribution < -0.4 is 16.2 Å². The molecule has 3 aliphatic heterocycles. The number of aryl methyl sites for hydroxylation is 1. The van der Waals surface area contributed by atoms with Gasteiger partial charge in [0.15, 0.2) is 5.69 Å². The molecule has 1 aromatic heterocycles. The fraction of sp³-hybridized carbons (Fsp3) is 0.519. The van der Waals surface area contributed by atoms with Gasteiger partial charge in [-0.1, -0.05) is 12.1 Å². The van der Waals surface area contributed by atoms with Crippen molar-refractivity contribution in [3.63, 3.8) is 0 Å². The summed E-state index contributed by atoms with van der Waals surface area (Å²) in [5, 5.41) is 16.5. The Bertz CT molecular complexity index is 1360. The molecule has 2 aromatic rings. The quantitative estimate of drug-likeness (QED) is 0.546. The minimum atomic E-state index is -0.995. The number of amides is 3. The number of hydrogen-bond acceptors (Lipinski definition) is 6. The summed E-state index contributed by atoms with van der Waals surface area (Å²) < 4.78 is 15.0. The summed E-state index contributed by atoms with van der Waals surface area (Å²) in [6, 6.07) is 3.85. The number of nitrogens with one attached hydrogen (secondary N) is 2. The third-order valence-electron chi connectivity index (χ3n) is 8.19. The highest BCUT2D eigenvalue weighted by atomic mass is 19.1. The Morgan fingerprint density at radius 3 is 2.63 bits per heavy atom. The fourth-order valence-electron chi connectivity index (χ4n) is 6.07. The Morgan fingerprint density at radius 2 is 1.95 bits per heavy atom. The Balaban J connectivity index is 1.47. The average Bonchev–Trinajstić information content (AvgIpc) is 3.28. The summed E-state index contributed by atoms with van der Waals surface area (Å²) in [6.45, 7) is 3.96. The summed E-state index contributed by atoms with van der Waals surface area (Å²) >= 11 is 0. The molecule has 3 N–H and O–H groups in total. The Hall–Kier alpha value is -3.76. The smallest absolute Gasteiger partial charge is 0.296 e. The lowest BCUT2D eigenvalue weighted by molar-refractivity contribution is -0.138. The maximum absolute atomic E-state index is 13.6. The van der Waals surface area contributed by atoms with E-state index in [2.05, 4.69) is 15.6 Å². The van der Waals surface area contributed by atoms with Crippen LogP contribution in [-0.2, 0) is 28.2 Å². The number of aromatic nitrogens is 2. The second kappa shape index (κ2) is 9.85. The molecule has 1 aromatic carbocycles. The highest BCUT2D eigenvalue weighted by Gasteiger charge is 2.47. The number of carbonyl (C=O) groups excluding carboxylic acids is 3. The molecule has 4 aliphatic rings. The molecule has 2 fully saturated rings. The fourth-order valence-corrected chi connectivity index (χ4v) is 6.07. The minimum Gasteiger partial charge on any atom is -0.501 e. The van der Waals surface area contributed by atoms with E-state index in [0.717, 1.165) is 19.3 Å². The van der Waals surface area contributed by atoms with Crippen LogP contribution in [0.4, 0.5) is 4.39 Å². The topological polar surface area (TPSA) is 134 Å². The van der Waals surface area contributed by atoms with Crippen LogP contribution in [-0.4, -0.2) is 49.9 Å². The third-order valence-corrected chi connectivity index (χ3v) is 8.19. The van der Waals surface area contributed by atoms with E-state index in [1.54, 1.807) is 24.0 Å². The second-order valence-corrected chi connectivity index (χ2v) is 10.7. The zero-order valence-electron chi connectivity index (χ0n) is 21.6. The summed E-state index contributed by atoms with van der Waals surface area (Å²) in [4.78, 5) is 57.9. The maximum atomic E-state index is 13.6. The molecule has 1 aliphatic carbocycles. The van der Waals surface area contributed by atoms with Gasteiger partial charge in [0.25, 0.3) is 11.5 Å². The highest BCUT2D eigenvalue weighted by Crippen LogP contribution is 2.43. The zero-order valence-corrected chi connectivity index (χ0v) is 21.6. The lowest BCUT2D eigenvalue weighted by atomic mass is 9.77. The van der Waals surface area contributed by atoms with Crippen molar-refractivity contribution >= 4 is 17.7 Å². The molecule has 202 valence electrons. The largest absolute Gasteiger partial charge is 0.501 e. The second-order valence-electron chi connectivity index (χ2n) is 10.7. The number of rotatable bonds is 5. The van der Waals surface area contributed by atoms with Crippen molar-refractivity contribution in [2.75, 3.05) is 6.54 Å². The van der Waals surface area contributed by atoms with Gasteiger partial charge in [0.1, 0.15) is 17.7 Å². The van der Waals surface area contributed by atoms with Gasteiger partial charge in [-0.15, -0.1) is 0 Å². The molecule has 6 rings (SSSR count). The predicted molar refractivity (Wildman–Crippen MR) is 135 cm³/mol. The van der Waals surface area contributed by atoms with Gasteiger partial charge in [-0.05, 0) is 68.6 Å². The zero-order chi connectivity index (χ0) is 27.2. The SMILES string of the molecule is CC(=O)N1CCC[C@H]1C(=O)NC12CCC(CC1)Cn1c2nc(C(=O)NCc2ccc(F)c(C)c2)c(O)c1=O. The first kappa shape index (κ1) is 25.9. The first-order chi connectivity index (χ1) is 18.1. The number of halogens is 1. The minimum absolute atomic E-state index is 0.0476. The van der Waals surface area contributed by atoms with E-state index in [4.69, 9.17) is 0 Å². The highest BCUT2D eigenvalue weighted by molar-refractivity contribution is 5.94. The van der Waals surface area contributed by atoms with Gasteiger partial charge in [0, 0.05) is 26.6 Å². The summed E-state index contributed by atoms with van der Waals surface area (Å²) in [7, 11) is 0. The first-order valence-corrected chi connectivity index (χ1v) is 13.1. The molecular weight excluding hydrogens is 493 g/mol. The first-order valence-electron chi connectivity index (χ1n) is 13.1. The van der Waals surface area contributed by atoms with Crippen LogP contribution in [0.1, 0.15) is 72.9 Å². The monoisotopic (exact) mass is 525 g/mol. The molecule has 1 saturated heterocycles. The normalized spacial score (nSPS) is 24.0.